The number of amides is 3. The van der Waals surface area contributed by atoms with Crippen molar-refractivity contribution >= 4 is 33.3 Å². The number of hydrogen-bond donors (Lipinski definition) is 4. The summed E-state index contributed by atoms with van der Waals surface area (Å²) >= 11 is 0. The SMILES string of the molecule is CC(C)CCCC(C)NC(=O)[C@H](CC1CCCCC1)NC(=O)Nc1ccc(NS(=O)(=O)c2ccc(C(C)(C)C)cc2)cc1. The summed E-state index contributed by atoms with van der Waals surface area (Å²) in [5.74, 6) is 0.906. The summed E-state index contributed by atoms with van der Waals surface area (Å²) in [6.45, 7) is 12.6. The molecule has 0 radical (unpaired) electrons. The Balaban J connectivity index is 1.59. The highest BCUT2D eigenvalue weighted by Crippen LogP contribution is 2.28. The molecule has 0 spiro atoms. The Labute approximate surface area is 259 Å². The standard InChI is InChI=1S/C34H52N4O4S/c1-24(2)11-10-12-25(3)35-32(39)31(23-26-13-8-7-9-14-26)37-33(40)36-28-17-19-29(20-18-28)38-43(41,42)30-21-15-27(16-22-30)34(4,5)6/h15-22,24-26,31,38H,7-14,23H2,1-6H3,(H,35,39)(H2,36,37,40)/t25?,31-/m0/s1. The molecule has 0 heterocycles. The van der Waals surface area contributed by atoms with Gasteiger partial charge in [-0.05, 0) is 79.0 Å². The van der Waals surface area contributed by atoms with Crippen molar-refractivity contribution in [1.82, 2.24) is 10.6 Å². The molecule has 3 amide bonds. The van der Waals surface area contributed by atoms with Crippen molar-refractivity contribution < 1.29 is 18.0 Å². The Morgan fingerprint density at radius 2 is 1.44 bits per heavy atom. The third-order valence-electron chi connectivity index (χ3n) is 8.15. The van der Waals surface area contributed by atoms with Gasteiger partial charge in [0.2, 0.25) is 5.91 Å². The predicted molar refractivity (Wildman–Crippen MR) is 176 cm³/mol. The molecule has 0 aliphatic heterocycles. The highest BCUT2D eigenvalue weighted by molar-refractivity contribution is 7.92. The van der Waals surface area contributed by atoms with Crippen LogP contribution in [0, 0.1) is 11.8 Å². The summed E-state index contributed by atoms with van der Waals surface area (Å²) < 4.78 is 28.4. The first-order valence-electron chi connectivity index (χ1n) is 15.8. The molecule has 1 fully saturated rings. The maximum Gasteiger partial charge on any atom is 0.319 e. The lowest BCUT2D eigenvalue weighted by molar-refractivity contribution is -0.124. The van der Waals surface area contributed by atoms with Crippen LogP contribution in [0.25, 0.3) is 0 Å². The van der Waals surface area contributed by atoms with Crippen LogP contribution in [0.15, 0.2) is 53.4 Å². The summed E-state index contributed by atoms with van der Waals surface area (Å²) in [6, 6.07) is 12.3. The van der Waals surface area contributed by atoms with E-state index in [1.54, 1.807) is 36.4 Å². The molecule has 9 heteroatoms. The quantitative estimate of drug-likeness (QED) is 0.187. The lowest BCUT2D eigenvalue weighted by Crippen LogP contribution is -2.51. The zero-order valence-corrected chi connectivity index (χ0v) is 27.6. The van der Waals surface area contributed by atoms with Crippen LogP contribution in [0.5, 0.6) is 0 Å². The van der Waals surface area contributed by atoms with E-state index < -0.39 is 22.1 Å². The summed E-state index contributed by atoms with van der Waals surface area (Å²) in [4.78, 5) is 26.4. The molecule has 4 N–H and O–H groups in total. The van der Waals surface area contributed by atoms with Gasteiger partial charge in [0.05, 0.1) is 4.90 Å². The second-order valence-corrected chi connectivity index (χ2v) is 15.3. The van der Waals surface area contributed by atoms with Crippen molar-refractivity contribution in [2.24, 2.45) is 11.8 Å². The third kappa shape index (κ3) is 11.5. The summed E-state index contributed by atoms with van der Waals surface area (Å²) in [6.07, 6.45) is 9.41. The highest BCUT2D eigenvalue weighted by atomic mass is 32.2. The van der Waals surface area contributed by atoms with Crippen LogP contribution in [0.4, 0.5) is 16.2 Å². The Hall–Kier alpha value is -3.07. The molecular weight excluding hydrogens is 560 g/mol. The number of benzene rings is 2. The van der Waals surface area contributed by atoms with Crippen LogP contribution >= 0.6 is 0 Å². The number of nitrogens with one attached hydrogen (secondary N) is 4. The second kappa shape index (κ2) is 15.6. The zero-order valence-electron chi connectivity index (χ0n) is 26.8. The molecule has 0 aromatic heterocycles. The number of rotatable bonds is 13. The van der Waals surface area contributed by atoms with Gasteiger partial charge in [-0.2, -0.15) is 0 Å². The molecule has 1 aliphatic carbocycles. The highest BCUT2D eigenvalue weighted by Gasteiger charge is 2.27. The largest absolute Gasteiger partial charge is 0.352 e. The van der Waals surface area contributed by atoms with Crippen molar-refractivity contribution in [1.29, 1.82) is 0 Å². The first-order chi connectivity index (χ1) is 20.2. The average Bonchev–Trinajstić information content (AvgIpc) is 2.93. The summed E-state index contributed by atoms with van der Waals surface area (Å²) in [5.41, 5.74) is 1.85. The van der Waals surface area contributed by atoms with Gasteiger partial charge in [0.15, 0.2) is 0 Å². The molecular formula is C34H52N4O4S. The van der Waals surface area contributed by atoms with Crippen molar-refractivity contribution in [3.8, 4) is 0 Å². The molecule has 8 nitrogen and oxygen atoms in total. The van der Waals surface area contributed by atoms with Crippen LogP contribution in [0.3, 0.4) is 0 Å². The summed E-state index contributed by atoms with van der Waals surface area (Å²) in [5, 5.41) is 8.83. The molecule has 0 bridgehead atoms. The van der Waals surface area contributed by atoms with Gasteiger partial charge in [-0.15, -0.1) is 0 Å². The average molecular weight is 613 g/mol. The molecule has 1 aliphatic rings. The van der Waals surface area contributed by atoms with Gasteiger partial charge in [-0.1, -0.05) is 91.7 Å². The van der Waals surface area contributed by atoms with E-state index in [9.17, 15) is 18.0 Å². The Bertz CT molecular complexity index is 1280. The van der Waals surface area contributed by atoms with Gasteiger partial charge < -0.3 is 16.0 Å². The number of anilines is 2. The minimum absolute atomic E-state index is 0.0396. The lowest BCUT2D eigenvalue weighted by Gasteiger charge is -2.27. The van der Waals surface area contributed by atoms with Gasteiger partial charge >= 0.3 is 6.03 Å². The number of carbonyl (C=O) groups excluding carboxylic acids is 2. The van der Waals surface area contributed by atoms with Crippen LogP contribution in [0.2, 0.25) is 0 Å². The molecule has 2 atom stereocenters. The minimum atomic E-state index is -3.77. The number of carbonyl (C=O) groups is 2. The molecule has 43 heavy (non-hydrogen) atoms. The number of urea groups is 1. The van der Waals surface area contributed by atoms with Crippen molar-refractivity contribution in [3.05, 3.63) is 54.1 Å². The first-order valence-corrected chi connectivity index (χ1v) is 17.3. The van der Waals surface area contributed by atoms with E-state index in [2.05, 4.69) is 55.3 Å². The van der Waals surface area contributed by atoms with E-state index in [0.29, 0.717) is 29.6 Å². The van der Waals surface area contributed by atoms with Crippen molar-refractivity contribution in [3.63, 3.8) is 0 Å². The molecule has 238 valence electrons. The lowest BCUT2D eigenvalue weighted by atomic mass is 9.84. The maximum atomic E-state index is 13.3. The Morgan fingerprint density at radius 1 is 0.837 bits per heavy atom. The van der Waals surface area contributed by atoms with E-state index in [-0.39, 0.29) is 22.3 Å². The van der Waals surface area contributed by atoms with Crippen LogP contribution < -0.4 is 20.7 Å². The second-order valence-electron chi connectivity index (χ2n) is 13.6. The molecule has 1 saturated carbocycles. The molecule has 3 rings (SSSR count). The Kier molecular flexibility index (Phi) is 12.5. The molecule has 1 unspecified atom stereocenters. The van der Waals surface area contributed by atoms with Gasteiger partial charge in [0, 0.05) is 17.4 Å². The van der Waals surface area contributed by atoms with E-state index in [4.69, 9.17) is 0 Å². The van der Waals surface area contributed by atoms with E-state index in [0.717, 1.165) is 50.5 Å². The van der Waals surface area contributed by atoms with Crippen LogP contribution in [0.1, 0.15) is 105 Å². The molecule has 2 aromatic carbocycles. The summed E-state index contributed by atoms with van der Waals surface area (Å²) in [7, 11) is -3.77. The predicted octanol–water partition coefficient (Wildman–Crippen LogP) is 7.58. The molecule has 0 saturated heterocycles. The fourth-order valence-electron chi connectivity index (χ4n) is 5.53. The van der Waals surface area contributed by atoms with E-state index >= 15 is 0 Å². The third-order valence-corrected chi connectivity index (χ3v) is 9.55. The first kappa shape index (κ1) is 34.4. The maximum absolute atomic E-state index is 13.3. The smallest absolute Gasteiger partial charge is 0.319 e. The van der Waals surface area contributed by atoms with Crippen LogP contribution in [-0.4, -0.2) is 32.4 Å². The Morgan fingerprint density at radius 3 is 2.02 bits per heavy atom. The van der Waals surface area contributed by atoms with Gasteiger partial charge in [0.25, 0.3) is 10.0 Å². The topological polar surface area (TPSA) is 116 Å². The monoisotopic (exact) mass is 612 g/mol. The number of sulfonamides is 1. The number of hydrogen-bond acceptors (Lipinski definition) is 4. The fourth-order valence-corrected chi connectivity index (χ4v) is 6.59. The molecule has 2 aromatic rings. The van der Waals surface area contributed by atoms with Crippen LogP contribution in [-0.2, 0) is 20.2 Å². The normalized spacial score (nSPS) is 15.9. The van der Waals surface area contributed by atoms with Gasteiger partial charge in [-0.25, -0.2) is 13.2 Å². The van der Waals surface area contributed by atoms with E-state index in [1.807, 2.05) is 19.1 Å². The van der Waals surface area contributed by atoms with Gasteiger partial charge in [0.1, 0.15) is 6.04 Å². The van der Waals surface area contributed by atoms with Crippen molar-refractivity contribution in [2.75, 3.05) is 10.0 Å². The van der Waals surface area contributed by atoms with Gasteiger partial charge in [-0.3, -0.25) is 9.52 Å². The fraction of sp³-hybridized carbons (Fsp3) is 0.588. The zero-order chi connectivity index (χ0) is 31.6. The minimum Gasteiger partial charge on any atom is -0.352 e. The van der Waals surface area contributed by atoms with E-state index in [1.165, 1.54) is 6.42 Å². The van der Waals surface area contributed by atoms with Crippen molar-refractivity contribution in [2.45, 2.75) is 122 Å².